The van der Waals surface area contributed by atoms with E-state index in [-0.39, 0.29) is 15.8 Å². The van der Waals surface area contributed by atoms with Crippen LogP contribution in [0, 0.1) is 0 Å². The second-order valence-corrected chi connectivity index (χ2v) is 11.6. The van der Waals surface area contributed by atoms with Gasteiger partial charge < -0.3 is 0 Å². The molecule has 0 aromatic rings. The van der Waals surface area contributed by atoms with E-state index in [0.717, 1.165) is 22.6 Å². The second-order valence-electron chi connectivity index (χ2n) is 5.22. The largest absolute Gasteiger partial charge is 0.209 e. The molecule has 90 valence electrons. The molecule has 3 heteroatoms. The van der Waals surface area contributed by atoms with Gasteiger partial charge >= 0.3 is 0 Å². The maximum absolute atomic E-state index is 5.20. The van der Waals surface area contributed by atoms with Crippen molar-refractivity contribution in [1.29, 1.82) is 0 Å². The Morgan fingerprint density at radius 2 is 1.07 bits per heavy atom. The molecule has 0 aliphatic carbocycles. The Bertz CT molecular complexity index is 190. The number of hydrogen-bond donors (Lipinski definition) is 0. The van der Waals surface area contributed by atoms with Gasteiger partial charge in [0.15, 0.2) is 0 Å². The lowest BCUT2D eigenvalue weighted by atomic mass is 10.5. The second kappa shape index (κ2) is 6.97. The van der Waals surface area contributed by atoms with Crippen LogP contribution in [-0.2, 0) is 0 Å². The minimum atomic E-state index is -0.129. The lowest BCUT2D eigenvalue weighted by Gasteiger charge is -2.18. The predicted molar refractivity (Wildman–Crippen MR) is 76.8 cm³/mol. The first-order chi connectivity index (χ1) is 6.77. The van der Waals surface area contributed by atoms with E-state index in [4.69, 9.17) is 4.52 Å². The molecular formula is C12H28NP2+. The predicted octanol–water partition coefficient (Wildman–Crippen LogP) is 5.68. The van der Waals surface area contributed by atoms with Crippen molar-refractivity contribution in [2.45, 2.75) is 78.0 Å². The van der Waals surface area contributed by atoms with Gasteiger partial charge in [0, 0.05) is 0 Å². The Morgan fingerprint density at radius 3 is 1.27 bits per heavy atom. The van der Waals surface area contributed by atoms with E-state index in [1.54, 1.807) is 0 Å². The molecule has 0 bridgehead atoms. The molecule has 0 N–H and O–H groups in total. The molecule has 1 nitrogen and oxygen atoms in total. The molecule has 0 saturated heterocycles. The highest BCUT2D eigenvalue weighted by molar-refractivity contribution is 7.65. The van der Waals surface area contributed by atoms with Gasteiger partial charge in [-0.15, -0.1) is 0 Å². The number of rotatable bonds is 5. The van der Waals surface area contributed by atoms with Gasteiger partial charge in [0.05, 0.1) is 8.07 Å². The van der Waals surface area contributed by atoms with Gasteiger partial charge in [-0.3, -0.25) is 0 Å². The van der Waals surface area contributed by atoms with Crippen LogP contribution in [0.15, 0.2) is 4.52 Å². The van der Waals surface area contributed by atoms with Crippen molar-refractivity contribution in [3.63, 3.8) is 0 Å². The Kier molecular flexibility index (Phi) is 7.22. The van der Waals surface area contributed by atoms with Gasteiger partial charge in [-0.05, 0) is 39.0 Å². The minimum absolute atomic E-state index is 0.129. The molecule has 15 heavy (non-hydrogen) atoms. The van der Waals surface area contributed by atoms with Gasteiger partial charge in [0.2, 0.25) is 7.71 Å². The summed E-state index contributed by atoms with van der Waals surface area (Å²) in [4.78, 5) is 0. The van der Waals surface area contributed by atoms with Gasteiger partial charge in [-0.25, -0.2) is 0 Å². The Morgan fingerprint density at radius 1 is 0.733 bits per heavy atom. The lowest BCUT2D eigenvalue weighted by Crippen LogP contribution is -2.03. The van der Waals surface area contributed by atoms with Crippen molar-refractivity contribution in [3.05, 3.63) is 0 Å². The van der Waals surface area contributed by atoms with Crippen LogP contribution in [0.1, 0.15) is 55.4 Å². The van der Waals surface area contributed by atoms with Crippen LogP contribution in [0.4, 0.5) is 0 Å². The van der Waals surface area contributed by atoms with Gasteiger partial charge in [0.1, 0.15) is 11.3 Å². The zero-order valence-electron chi connectivity index (χ0n) is 11.7. The summed E-state index contributed by atoms with van der Waals surface area (Å²) in [7, 11) is -0.258. The van der Waals surface area contributed by atoms with E-state index in [2.05, 4.69) is 55.4 Å². The van der Waals surface area contributed by atoms with Gasteiger partial charge in [-0.2, -0.15) is 0 Å². The van der Waals surface area contributed by atoms with Crippen molar-refractivity contribution in [3.8, 4) is 0 Å². The normalized spacial score (nSPS) is 12.3. The van der Waals surface area contributed by atoms with E-state index in [9.17, 15) is 0 Å². The number of nitrogens with zero attached hydrogens (tertiary/aromatic N) is 1. The molecule has 0 radical (unpaired) electrons. The van der Waals surface area contributed by atoms with Crippen LogP contribution >= 0.6 is 15.8 Å². The molecule has 0 heterocycles. The molecule has 0 aliphatic rings. The maximum Gasteiger partial charge on any atom is 0.209 e. The summed E-state index contributed by atoms with van der Waals surface area (Å²) < 4.78 is 5.20. The monoisotopic (exact) mass is 248 g/mol. The van der Waals surface area contributed by atoms with Crippen LogP contribution in [0.5, 0.6) is 0 Å². The molecule has 0 aromatic heterocycles. The van der Waals surface area contributed by atoms with Crippen molar-refractivity contribution >= 4 is 15.8 Å². The van der Waals surface area contributed by atoms with Crippen molar-refractivity contribution in [1.82, 2.24) is 0 Å². The van der Waals surface area contributed by atoms with Crippen LogP contribution in [-0.4, -0.2) is 22.6 Å². The SMILES string of the molecule is CC(C)P(N=[P+](C(C)C)C(C)C)C(C)C. The van der Waals surface area contributed by atoms with Gasteiger partial charge in [0.25, 0.3) is 0 Å². The quantitative estimate of drug-likeness (QED) is 0.555. The zero-order chi connectivity index (χ0) is 12.2. The Hall–Kier alpha value is 0.530. The van der Waals surface area contributed by atoms with Crippen LogP contribution in [0.2, 0.25) is 0 Å². The van der Waals surface area contributed by atoms with Crippen LogP contribution < -0.4 is 0 Å². The van der Waals surface area contributed by atoms with E-state index >= 15 is 0 Å². The standard InChI is InChI=1S/C12H28NP2/c1-9(2)14(10(3)4)13-15(11(5)6)12(7)8/h9-12H,1-8H3/q+1. The highest BCUT2D eigenvalue weighted by atomic mass is 31.2. The molecule has 0 atom stereocenters. The average molecular weight is 248 g/mol. The fourth-order valence-electron chi connectivity index (χ4n) is 1.72. The van der Waals surface area contributed by atoms with Crippen molar-refractivity contribution in [2.75, 3.05) is 0 Å². The van der Waals surface area contributed by atoms with E-state index < -0.39 is 0 Å². The van der Waals surface area contributed by atoms with Crippen molar-refractivity contribution < 1.29 is 0 Å². The molecule has 0 spiro atoms. The van der Waals surface area contributed by atoms with E-state index in [0.29, 0.717) is 0 Å². The summed E-state index contributed by atoms with van der Waals surface area (Å²) in [6.07, 6.45) is 0. The number of hydrogen-bond acceptors (Lipinski definition) is 1. The third-order valence-corrected chi connectivity index (χ3v) is 8.21. The van der Waals surface area contributed by atoms with E-state index in [1.165, 1.54) is 0 Å². The first-order valence-corrected chi connectivity index (χ1v) is 8.92. The van der Waals surface area contributed by atoms with Crippen LogP contribution in [0.3, 0.4) is 0 Å². The molecule has 0 amide bonds. The molecule has 0 unspecified atom stereocenters. The summed E-state index contributed by atoms with van der Waals surface area (Å²) in [6, 6.07) is 0. The topological polar surface area (TPSA) is 12.4 Å². The maximum atomic E-state index is 5.20. The average Bonchev–Trinajstić information content (AvgIpc) is 2.01. The fraction of sp³-hybridized carbons (Fsp3) is 1.00. The Balaban J connectivity index is 4.91. The zero-order valence-corrected chi connectivity index (χ0v) is 13.4. The smallest absolute Gasteiger partial charge is 0.0886 e. The summed E-state index contributed by atoms with van der Waals surface area (Å²) >= 11 is 0. The highest BCUT2D eigenvalue weighted by Crippen LogP contribution is 2.55. The first-order valence-electron chi connectivity index (χ1n) is 6.05. The summed E-state index contributed by atoms with van der Waals surface area (Å²) in [6.45, 7) is 18.6. The van der Waals surface area contributed by atoms with E-state index in [1.807, 2.05) is 0 Å². The minimum Gasteiger partial charge on any atom is -0.0886 e. The molecule has 0 rings (SSSR count). The van der Waals surface area contributed by atoms with Crippen LogP contribution in [0.25, 0.3) is 0 Å². The molecule has 0 fully saturated rings. The molecule has 0 aromatic carbocycles. The molecule has 0 aliphatic heterocycles. The third-order valence-electron chi connectivity index (χ3n) is 2.32. The summed E-state index contributed by atoms with van der Waals surface area (Å²) in [5.74, 6) is 0. The fourth-order valence-corrected chi connectivity index (χ4v) is 8.37. The highest BCUT2D eigenvalue weighted by Gasteiger charge is 2.28. The molecule has 0 saturated carbocycles. The summed E-state index contributed by atoms with van der Waals surface area (Å²) in [5.41, 5.74) is 2.95. The van der Waals surface area contributed by atoms with Gasteiger partial charge in [-0.1, -0.05) is 32.2 Å². The summed E-state index contributed by atoms with van der Waals surface area (Å²) in [5, 5.41) is 0. The molecular weight excluding hydrogens is 220 g/mol. The third kappa shape index (κ3) is 5.41. The Labute approximate surface area is 98.7 Å². The first kappa shape index (κ1) is 15.5. The van der Waals surface area contributed by atoms with Crippen molar-refractivity contribution in [2.24, 2.45) is 4.52 Å². The lowest BCUT2D eigenvalue weighted by molar-refractivity contribution is 0.996.